The average Bonchev–Trinajstić information content (AvgIpc) is 3.30. The Morgan fingerprint density at radius 1 is 1.27 bits per heavy atom. The van der Waals surface area contributed by atoms with Crippen LogP contribution in [-0.2, 0) is 0 Å². The molecule has 6 nitrogen and oxygen atoms in total. The van der Waals surface area contributed by atoms with Gasteiger partial charge in [0.05, 0.1) is 23.4 Å². The van der Waals surface area contributed by atoms with E-state index in [-0.39, 0.29) is 11.8 Å². The summed E-state index contributed by atoms with van der Waals surface area (Å²) in [6.07, 6.45) is 3.50. The molecule has 1 aliphatic rings. The van der Waals surface area contributed by atoms with Gasteiger partial charge >= 0.3 is 0 Å². The Balaban J connectivity index is 1.90. The highest BCUT2D eigenvalue weighted by Crippen LogP contribution is 2.45. The third-order valence-electron chi connectivity index (χ3n) is 4.37. The van der Waals surface area contributed by atoms with Crippen molar-refractivity contribution < 1.29 is 9.15 Å². The molecule has 4 rings (SSSR count). The predicted molar refractivity (Wildman–Crippen MR) is 96.6 cm³/mol. The standard InChI is InChI=1S/C20H16N4O2/c1-12(10-14-8-5-9-25-14)16-15(11-21)19(22)26-20-17(16)18(23-24-20)13-6-3-2-4-7-13/h2-10,16H,22H2,1H3,(H,23,24)/b12-10-/t16-/m1/s1. The quantitative estimate of drug-likeness (QED) is 0.749. The Kier molecular flexibility index (Phi) is 3.82. The van der Waals surface area contributed by atoms with Gasteiger partial charge in [-0.15, -0.1) is 5.10 Å². The fourth-order valence-electron chi connectivity index (χ4n) is 3.21. The molecule has 1 aliphatic heterocycles. The van der Waals surface area contributed by atoms with Crippen LogP contribution >= 0.6 is 0 Å². The van der Waals surface area contributed by atoms with Crippen molar-refractivity contribution in [2.24, 2.45) is 5.73 Å². The van der Waals surface area contributed by atoms with Crippen LogP contribution < -0.4 is 10.5 Å². The van der Waals surface area contributed by atoms with Crippen LogP contribution in [0, 0.1) is 11.3 Å². The van der Waals surface area contributed by atoms with Gasteiger partial charge in [0, 0.05) is 0 Å². The molecular formula is C20H16N4O2. The first kappa shape index (κ1) is 15.8. The number of rotatable bonds is 3. The normalized spacial score (nSPS) is 16.8. The molecule has 0 aliphatic carbocycles. The Morgan fingerprint density at radius 3 is 2.77 bits per heavy atom. The number of nitriles is 1. The summed E-state index contributed by atoms with van der Waals surface area (Å²) in [5.74, 6) is 0.791. The number of hydrogen-bond donors (Lipinski definition) is 2. The van der Waals surface area contributed by atoms with Crippen LogP contribution in [0.5, 0.6) is 5.88 Å². The summed E-state index contributed by atoms with van der Waals surface area (Å²) in [5, 5.41) is 17.0. The second-order valence-electron chi connectivity index (χ2n) is 6.01. The van der Waals surface area contributed by atoms with Crippen LogP contribution in [0.15, 0.2) is 70.2 Å². The second-order valence-corrected chi connectivity index (χ2v) is 6.01. The number of nitrogens with two attached hydrogens (primary N) is 1. The molecule has 0 bridgehead atoms. The van der Waals surface area contributed by atoms with E-state index in [1.54, 1.807) is 6.26 Å². The summed E-state index contributed by atoms with van der Waals surface area (Å²) in [6, 6.07) is 15.7. The molecule has 1 atom stereocenters. The van der Waals surface area contributed by atoms with E-state index in [1.165, 1.54) is 0 Å². The lowest BCUT2D eigenvalue weighted by Gasteiger charge is -2.24. The predicted octanol–water partition coefficient (Wildman–Crippen LogP) is 3.94. The van der Waals surface area contributed by atoms with Gasteiger partial charge in [-0.2, -0.15) is 5.26 Å². The molecule has 1 aromatic carbocycles. The first-order valence-corrected chi connectivity index (χ1v) is 8.12. The van der Waals surface area contributed by atoms with Crippen LogP contribution in [0.1, 0.15) is 24.2 Å². The van der Waals surface area contributed by atoms with E-state index in [0.29, 0.717) is 17.2 Å². The van der Waals surface area contributed by atoms with Gasteiger partial charge < -0.3 is 14.9 Å². The number of nitrogens with zero attached hydrogens (tertiary/aromatic N) is 2. The van der Waals surface area contributed by atoms with Crippen molar-refractivity contribution in [2.75, 3.05) is 0 Å². The first-order valence-electron chi connectivity index (χ1n) is 8.12. The highest BCUT2D eigenvalue weighted by molar-refractivity contribution is 5.71. The minimum atomic E-state index is -0.372. The maximum absolute atomic E-state index is 9.68. The summed E-state index contributed by atoms with van der Waals surface area (Å²) in [7, 11) is 0. The molecule has 0 unspecified atom stereocenters. The maximum atomic E-state index is 9.68. The van der Waals surface area contributed by atoms with Crippen molar-refractivity contribution >= 4 is 6.08 Å². The smallest absolute Gasteiger partial charge is 0.244 e. The summed E-state index contributed by atoms with van der Waals surface area (Å²) >= 11 is 0. The Bertz CT molecular complexity index is 1040. The summed E-state index contributed by atoms with van der Waals surface area (Å²) in [5.41, 5.74) is 9.80. The lowest BCUT2D eigenvalue weighted by atomic mass is 9.83. The highest BCUT2D eigenvalue weighted by Gasteiger charge is 2.35. The number of fused-ring (bicyclic) bond motifs is 1. The minimum absolute atomic E-state index is 0.0725. The van der Waals surface area contributed by atoms with E-state index >= 15 is 0 Å². The fraction of sp³-hybridized carbons (Fsp3) is 0.100. The van der Waals surface area contributed by atoms with Gasteiger partial charge in [0.25, 0.3) is 0 Å². The third-order valence-corrected chi connectivity index (χ3v) is 4.37. The molecule has 2 aromatic heterocycles. The van der Waals surface area contributed by atoms with E-state index in [0.717, 1.165) is 22.4 Å². The molecule has 0 saturated carbocycles. The molecule has 0 saturated heterocycles. The highest BCUT2D eigenvalue weighted by atomic mass is 16.5. The number of ether oxygens (including phenoxy) is 1. The zero-order valence-electron chi connectivity index (χ0n) is 14.1. The van der Waals surface area contributed by atoms with Crippen LogP contribution in [0.2, 0.25) is 0 Å². The van der Waals surface area contributed by atoms with Gasteiger partial charge in [0.15, 0.2) is 0 Å². The number of benzene rings is 1. The maximum Gasteiger partial charge on any atom is 0.244 e. The zero-order valence-corrected chi connectivity index (χ0v) is 14.1. The van der Waals surface area contributed by atoms with Crippen LogP contribution in [0.4, 0.5) is 0 Å². The van der Waals surface area contributed by atoms with Crippen molar-refractivity contribution in [2.45, 2.75) is 12.8 Å². The number of furan rings is 1. The first-order chi connectivity index (χ1) is 12.7. The molecule has 3 N–H and O–H groups in total. The van der Waals surface area contributed by atoms with Crippen molar-refractivity contribution in [3.05, 3.63) is 77.1 Å². The Labute approximate surface area is 150 Å². The molecule has 3 aromatic rings. The van der Waals surface area contributed by atoms with Crippen molar-refractivity contribution in [1.29, 1.82) is 5.26 Å². The van der Waals surface area contributed by atoms with Crippen molar-refractivity contribution in [3.8, 4) is 23.2 Å². The molecule has 0 spiro atoms. The van der Waals surface area contributed by atoms with Gasteiger partial charge in [-0.1, -0.05) is 35.9 Å². The minimum Gasteiger partial charge on any atom is -0.465 e. The Morgan fingerprint density at radius 2 is 2.08 bits per heavy atom. The van der Waals surface area contributed by atoms with Gasteiger partial charge in [0.2, 0.25) is 11.8 Å². The number of H-pyrrole nitrogens is 1. The van der Waals surface area contributed by atoms with Gasteiger partial charge in [0.1, 0.15) is 17.4 Å². The summed E-state index contributed by atoms with van der Waals surface area (Å²) in [4.78, 5) is 0. The summed E-state index contributed by atoms with van der Waals surface area (Å²) in [6.45, 7) is 1.94. The number of allylic oxidation sites excluding steroid dienone is 2. The van der Waals surface area contributed by atoms with Crippen LogP contribution in [0.25, 0.3) is 17.3 Å². The van der Waals surface area contributed by atoms with Gasteiger partial charge in [-0.3, -0.25) is 5.10 Å². The van der Waals surface area contributed by atoms with Crippen molar-refractivity contribution in [3.63, 3.8) is 0 Å². The molecule has 0 radical (unpaired) electrons. The zero-order chi connectivity index (χ0) is 18.1. The van der Waals surface area contributed by atoms with Crippen LogP contribution in [0.3, 0.4) is 0 Å². The topological polar surface area (TPSA) is 101 Å². The molecule has 0 fully saturated rings. The number of nitrogens with one attached hydrogen (secondary N) is 1. The molecule has 128 valence electrons. The van der Waals surface area contributed by atoms with E-state index in [4.69, 9.17) is 14.9 Å². The van der Waals surface area contributed by atoms with Gasteiger partial charge in [-0.05, 0) is 30.7 Å². The van der Waals surface area contributed by atoms with E-state index in [1.807, 2.05) is 55.5 Å². The average molecular weight is 344 g/mol. The number of aromatic amines is 1. The van der Waals surface area contributed by atoms with E-state index < -0.39 is 0 Å². The molecule has 0 amide bonds. The lowest BCUT2D eigenvalue weighted by Crippen LogP contribution is -2.20. The van der Waals surface area contributed by atoms with Crippen molar-refractivity contribution in [1.82, 2.24) is 10.2 Å². The monoisotopic (exact) mass is 344 g/mol. The Hall–Kier alpha value is -3.72. The molecule has 26 heavy (non-hydrogen) atoms. The van der Waals surface area contributed by atoms with E-state index in [9.17, 15) is 5.26 Å². The third kappa shape index (κ3) is 2.56. The summed E-state index contributed by atoms with van der Waals surface area (Å²) < 4.78 is 11.0. The second kappa shape index (κ2) is 6.30. The van der Waals surface area contributed by atoms with Crippen LogP contribution in [-0.4, -0.2) is 10.2 Å². The molecule has 6 heteroatoms. The molecular weight excluding hydrogens is 328 g/mol. The number of hydrogen-bond acceptors (Lipinski definition) is 5. The lowest BCUT2D eigenvalue weighted by molar-refractivity contribution is 0.378. The molecule has 3 heterocycles. The van der Waals surface area contributed by atoms with Gasteiger partial charge in [-0.25, -0.2) is 0 Å². The number of aromatic nitrogens is 2. The SMILES string of the molecule is C/C(=C/c1ccco1)[C@@H]1C(C#N)=C(N)Oc2n[nH]c(-c3ccccc3)c21. The van der Waals surface area contributed by atoms with E-state index in [2.05, 4.69) is 16.3 Å². The largest absolute Gasteiger partial charge is 0.465 e. The fourth-order valence-corrected chi connectivity index (χ4v) is 3.21.